The summed E-state index contributed by atoms with van der Waals surface area (Å²) in [5.74, 6) is -3.36. The maximum Gasteiger partial charge on any atom is 0.302 e. The second kappa shape index (κ2) is 4.07. The van der Waals surface area contributed by atoms with E-state index in [0.717, 1.165) is 20.0 Å². The molecule has 5 heteroatoms. The van der Waals surface area contributed by atoms with Crippen LogP contribution in [0, 0.1) is 0 Å². The maximum absolute atomic E-state index is 13.8. The fraction of sp³-hybridized carbons (Fsp3) is 0.545. The topological polar surface area (TPSA) is 59.1 Å². The van der Waals surface area contributed by atoms with Crippen molar-refractivity contribution in [3.63, 3.8) is 0 Å². The molecule has 1 aromatic rings. The Kier molecular flexibility index (Phi) is 3.30. The lowest BCUT2D eigenvalue weighted by Gasteiger charge is -2.29. The molecule has 1 rings (SSSR count). The zero-order valence-corrected chi connectivity index (χ0v) is 9.54. The van der Waals surface area contributed by atoms with Gasteiger partial charge in [-0.05, 0) is 32.4 Å². The van der Waals surface area contributed by atoms with Crippen LogP contribution in [0.5, 0.6) is 0 Å². The first-order valence-electron chi connectivity index (χ1n) is 4.97. The van der Waals surface area contributed by atoms with Crippen molar-refractivity contribution in [3.05, 3.63) is 29.6 Å². The quantitative estimate of drug-likeness (QED) is 0.834. The molecule has 0 aliphatic heterocycles. The summed E-state index contributed by atoms with van der Waals surface area (Å²) in [6, 6.07) is 0.903. The van der Waals surface area contributed by atoms with Gasteiger partial charge in [0.1, 0.15) is 5.60 Å². The van der Waals surface area contributed by atoms with Crippen molar-refractivity contribution in [3.8, 4) is 0 Å². The molecule has 0 fully saturated rings. The molecule has 1 aromatic heterocycles. The first-order chi connectivity index (χ1) is 7.16. The van der Waals surface area contributed by atoms with E-state index in [-0.39, 0.29) is 11.6 Å². The lowest BCUT2D eigenvalue weighted by molar-refractivity contribution is -0.168. The van der Waals surface area contributed by atoms with Crippen LogP contribution in [0.15, 0.2) is 18.5 Å². The van der Waals surface area contributed by atoms with E-state index >= 15 is 0 Å². The summed E-state index contributed by atoms with van der Waals surface area (Å²) in [5, 5.41) is 9.42. The highest BCUT2D eigenvalue weighted by Gasteiger charge is 2.47. The zero-order valence-electron chi connectivity index (χ0n) is 9.54. The Morgan fingerprint density at radius 1 is 1.38 bits per heavy atom. The van der Waals surface area contributed by atoms with Gasteiger partial charge < -0.3 is 10.8 Å². The van der Waals surface area contributed by atoms with Gasteiger partial charge in [-0.25, -0.2) is 0 Å². The van der Waals surface area contributed by atoms with Crippen LogP contribution < -0.4 is 5.73 Å². The standard InChI is InChI=1S/C11H16F2N2O/c1-7(14)8-4-9(6-15-5-8)11(12,13)10(2,3)16/h4-7,16H,14H2,1-3H3/t7-/m1/s1. The number of hydrogen-bond donors (Lipinski definition) is 2. The highest BCUT2D eigenvalue weighted by Crippen LogP contribution is 2.38. The number of rotatable bonds is 3. The van der Waals surface area contributed by atoms with Gasteiger partial charge in [0.25, 0.3) is 0 Å². The number of aliphatic hydroxyl groups is 1. The number of hydrogen-bond acceptors (Lipinski definition) is 3. The number of aromatic nitrogens is 1. The van der Waals surface area contributed by atoms with Gasteiger partial charge in [0.15, 0.2) is 0 Å². The highest BCUT2D eigenvalue weighted by atomic mass is 19.3. The average molecular weight is 230 g/mol. The lowest BCUT2D eigenvalue weighted by Crippen LogP contribution is -2.40. The molecule has 90 valence electrons. The summed E-state index contributed by atoms with van der Waals surface area (Å²) < 4.78 is 27.6. The molecule has 0 aliphatic carbocycles. The summed E-state index contributed by atoms with van der Waals surface area (Å²) in [6.45, 7) is 3.81. The van der Waals surface area contributed by atoms with Gasteiger partial charge in [-0.3, -0.25) is 4.98 Å². The molecule has 0 saturated heterocycles. The monoisotopic (exact) mass is 230 g/mol. The van der Waals surface area contributed by atoms with Crippen LogP contribution >= 0.6 is 0 Å². The smallest absolute Gasteiger partial charge is 0.302 e. The van der Waals surface area contributed by atoms with Crippen molar-refractivity contribution in [1.82, 2.24) is 4.98 Å². The molecule has 3 nitrogen and oxygen atoms in total. The summed E-state index contributed by atoms with van der Waals surface area (Å²) in [5.41, 5.74) is 3.64. The molecule has 1 heterocycles. The third-order valence-corrected chi connectivity index (χ3v) is 2.42. The predicted molar refractivity (Wildman–Crippen MR) is 57.0 cm³/mol. The highest BCUT2D eigenvalue weighted by molar-refractivity contribution is 5.26. The van der Waals surface area contributed by atoms with Crippen LogP contribution in [-0.4, -0.2) is 15.7 Å². The third kappa shape index (κ3) is 2.36. The lowest BCUT2D eigenvalue weighted by atomic mass is 9.93. The van der Waals surface area contributed by atoms with Crippen molar-refractivity contribution >= 4 is 0 Å². The maximum atomic E-state index is 13.8. The minimum absolute atomic E-state index is 0.324. The number of pyridine rings is 1. The van der Waals surface area contributed by atoms with Crippen LogP contribution in [0.4, 0.5) is 8.78 Å². The second-order valence-corrected chi connectivity index (χ2v) is 4.43. The number of nitrogens with zero attached hydrogens (tertiary/aromatic N) is 1. The van der Waals surface area contributed by atoms with Crippen LogP contribution in [0.25, 0.3) is 0 Å². The van der Waals surface area contributed by atoms with Crippen LogP contribution in [0.2, 0.25) is 0 Å². The molecule has 0 aliphatic rings. The third-order valence-electron chi connectivity index (χ3n) is 2.42. The van der Waals surface area contributed by atoms with Gasteiger partial charge >= 0.3 is 5.92 Å². The fourth-order valence-corrected chi connectivity index (χ4v) is 1.23. The van der Waals surface area contributed by atoms with Gasteiger partial charge in [0.05, 0.1) is 0 Å². The van der Waals surface area contributed by atoms with E-state index in [1.807, 2.05) is 0 Å². The van der Waals surface area contributed by atoms with Crippen LogP contribution in [-0.2, 0) is 5.92 Å². The molecule has 0 saturated carbocycles. The van der Waals surface area contributed by atoms with E-state index in [4.69, 9.17) is 5.73 Å². The molecule has 0 spiro atoms. The minimum atomic E-state index is -3.36. The molecule has 0 aromatic carbocycles. The summed E-state index contributed by atoms with van der Waals surface area (Å²) in [6.07, 6.45) is 2.48. The Morgan fingerprint density at radius 2 is 1.94 bits per heavy atom. The van der Waals surface area contributed by atoms with E-state index in [2.05, 4.69) is 4.98 Å². The second-order valence-electron chi connectivity index (χ2n) is 4.43. The average Bonchev–Trinajstić information content (AvgIpc) is 2.16. The summed E-state index contributed by atoms with van der Waals surface area (Å²) in [7, 11) is 0. The Balaban J connectivity index is 3.19. The Labute approximate surface area is 93.3 Å². The number of halogens is 2. The molecule has 0 bridgehead atoms. The van der Waals surface area contributed by atoms with Crippen molar-refractivity contribution in [2.45, 2.75) is 38.3 Å². The van der Waals surface area contributed by atoms with Crippen LogP contribution in [0.1, 0.15) is 37.9 Å². The first kappa shape index (κ1) is 13.0. The van der Waals surface area contributed by atoms with E-state index < -0.39 is 11.5 Å². The van der Waals surface area contributed by atoms with E-state index in [1.54, 1.807) is 6.92 Å². The summed E-state index contributed by atoms with van der Waals surface area (Å²) in [4.78, 5) is 3.71. The van der Waals surface area contributed by atoms with Crippen molar-refractivity contribution < 1.29 is 13.9 Å². The largest absolute Gasteiger partial charge is 0.384 e. The Morgan fingerprint density at radius 3 is 2.38 bits per heavy atom. The number of alkyl halides is 2. The van der Waals surface area contributed by atoms with E-state index in [1.165, 1.54) is 12.3 Å². The molecule has 16 heavy (non-hydrogen) atoms. The molecular formula is C11H16F2N2O. The van der Waals surface area contributed by atoms with Gasteiger partial charge in [0, 0.05) is 24.0 Å². The number of nitrogens with two attached hydrogens (primary N) is 1. The van der Waals surface area contributed by atoms with Crippen molar-refractivity contribution in [1.29, 1.82) is 0 Å². The zero-order chi connectivity index (χ0) is 12.6. The Bertz CT molecular complexity index is 372. The molecule has 0 radical (unpaired) electrons. The van der Waals surface area contributed by atoms with Crippen molar-refractivity contribution in [2.24, 2.45) is 5.73 Å². The predicted octanol–water partition coefficient (Wildman–Crippen LogP) is 1.96. The molecular weight excluding hydrogens is 214 g/mol. The molecule has 1 atom stereocenters. The molecule has 3 N–H and O–H groups in total. The van der Waals surface area contributed by atoms with Crippen molar-refractivity contribution in [2.75, 3.05) is 0 Å². The van der Waals surface area contributed by atoms with Gasteiger partial charge in [-0.2, -0.15) is 8.78 Å². The fourth-order valence-electron chi connectivity index (χ4n) is 1.23. The van der Waals surface area contributed by atoms with E-state index in [9.17, 15) is 13.9 Å². The molecule has 0 amide bonds. The van der Waals surface area contributed by atoms with Gasteiger partial charge in [0.2, 0.25) is 0 Å². The normalized spacial score (nSPS) is 14.9. The Hall–Kier alpha value is -1.07. The molecule has 0 unspecified atom stereocenters. The van der Waals surface area contributed by atoms with E-state index in [0.29, 0.717) is 5.56 Å². The summed E-state index contributed by atoms with van der Waals surface area (Å²) >= 11 is 0. The van der Waals surface area contributed by atoms with Gasteiger partial charge in [-0.1, -0.05) is 0 Å². The minimum Gasteiger partial charge on any atom is -0.384 e. The first-order valence-corrected chi connectivity index (χ1v) is 4.97. The van der Waals surface area contributed by atoms with Gasteiger partial charge in [-0.15, -0.1) is 0 Å². The SMILES string of the molecule is C[C@@H](N)c1cncc(C(F)(F)C(C)(C)O)c1. The van der Waals surface area contributed by atoms with Crippen LogP contribution in [0.3, 0.4) is 0 Å².